The van der Waals surface area contributed by atoms with Crippen molar-refractivity contribution in [3.63, 3.8) is 0 Å². The van der Waals surface area contributed by atoms with Crippen molar-refractivity contribution in [1.29, 1.82) is 0 Å². The monoisotopic (exact) mass is 793 g/mol. The Morgan fingerprint density at radius 2 is 1.20 bits per heavy atom. The van der Waals surface area contributed by atoms with Crippen LogP contribution in [0.2, 0.25) is 0 Å². The Kier molecular flexibility index (Phi) is 9.03. The van der Waals surface area contributed by atoms with Gasteiger partial charge in [0, 0.05) is 33.7 Å². The van der Waals surface area contributed by atoms with Crippen molar-refractivity contribution >= 4 is 33.0 Å². The van der Waals surface area contributed by atoms with Crippen LogP contribution in [-0.2, 0) is 10.8 Å². The van der Waals surface area contributed by atoms with Crippen molar-refractivity contribution in [2.24, 2.45) is 0 Å². The van der Waals surface area contributed by atoms with Gasteiger partial charge in [-0.2, -0.15) is 0 Å². The van der Waals surface area contributed by atoms with Crippen molar-refractivity contribution < 1.29 is 9.52 Å². The summed E-state index contributed by atoms with van der Waals surface area (Å²) in [6.45, 7) is 13.5. The number of phenolic OH excluding ortho intramolecular Hbond substituents is 1. The molecule has 1 N–H and O–H groups in total. The highest BCUT2D eigenvalue weighted by molar-refractivity contribution is 6.07. The van der Waals surface area contributed by atoms with Crippen molar-refractivity contribution in [2.45, 2.75) is 52.4 Å². The molecule has 3 aromatic heterocycles. The molecule has 10 rings (SSSR count). The molecule has 10 aromatic rings. The van der Waals surface area contributed by atoms with E-state index in [2.05, 4.69) is 167 Å². The minimum absolute atomic E-state index is 0.0785. The van der Waals surface area contributed by atoms with Gasteiger partial charge >= 0.3 is 0 Å². The van der Waals surface area contributed by atoms with Crippen LogP contribution >= 0.6 is 0 Å². The van der Waals surface area contributed by atoms with E-state index in [1.54, 1.807) is 0 Å². The lowest BCUT2D eigenvalue weighted by atomic mass is 9.83. The zero-order valence-corrected chi connectivity index (χ0v) is 35.4. The molecular weight excluding hydrogens is 747 g/mol. The Bertz CT molecular complexity index is 3270. The summed E-state index contributed by atoms with van der Waals surface area (Å²) < 4.78 is 8.63. The molecule has 5 heteroatoms. The smallest absolute Gasteiger partial charge is 0.149 e. The summed E-state index contributed by atoms with van der Waals surface area (Å²) in [5.41, 5.74) is 15.3. The Morgan fingerprint density at radius 3 is 1.95 bits per heavy atom. The minimum Gasteiger partial charge on any atom is -0.507 e. The van der Waals surface area contributed by atoms with E-state index in [-0.39, 0.29) is 16.6 Å². The number of benzene rings is 7. The van der Waals surface area contributed by atoms with Crippen LogP contribution in [0.25, 0.3) is 94.7 Å². The maximum Gasteiger partial charge on any atom is 0.149 e. The van der Waals surface area contributed by atoms with Crippen LogP contribution < -0.4 is 0 Å². The molecule has 3 heterocycles. The van der Waals surface area contributed by atoms with E-state index >= 15 is 0 Å². The van der Waals surface area contributed by atoms with Gasteiger partial charge in [0.25, 0.3) is 0 Å². The summed E-state index contributed by atoms with van der Waals surface area (Å²) in [5, 5.41) is 13.9. The first-order valence-electron chi connectivity index (χ1n) is 20.9. The predicted molar refractivity (Wildman–Crippen MR) is 252 cm³/mol. The summed E-state index contributed by atoms with van der Waals surface area (Å²) in [7, 11) is 0. The number of para-hydroxylation sites is 2. The summed E-state index contributed by atoms with van der Waals surface area (Å²) in [6.07, 6.45) is 1.90. The third-order valence-corrected chi connectivity index (χ3v) is 11.9. The summed E-state index contributed by atoms with van der Waals surface area (Å²) in [4.78, 5) is 10.5. The number of nitrogens with zero attached hydrogens (tertiary/aromatic N) is 3. The number of rotatable bonds is 6. The van der Waals surface area contributed by atoms with Crippen LogP contribution in [0, 0.1) is 0 Å². The molecule has 61 heavy (non-hydrogen) atoms. The summed E-state index contributed by atoms with van der Waals surface area (Å²) >= 11 is 0. The maximum atomic E-state index is 12.1. The highest BCUT2D eigenvalue weighted by atomic mass is 16.3. The van der Waals surface area contributed by atoms with Gasteiger partial charge in [0.15, 0.2) is 0 Å². The molecule has 0 saturated heterocycles. The molecule has 0 fully saturated rings. The maximum absolute atomic E-state index is 12.1. The standard InChI is InChI=1S/C56H47N3O2/c1-55(2,3)40-24-25-48(44(32-40)36-18-11-8-12-19-36)59-49-22-15-21-42(53(49)58-54(59)46-34-52-45(33-50(46)60)43-20-13-14-23-51(43)61-52)38-28-39(30-41(29-38)56(4,5)6)47-31-37(26-27-57-47)35-16-9-7-10-17-35/h7-34,60H,1-6H3. The van der Waals surface area contributed by atoms with Gasteiger partial charge < -0.3 is 9.52 Å². The summed E-state index contributed by atoms with van der Waals surface area (Å²) in [5.74, 6) is 0.749. The van der Waals surface area contributed by atoms with E-state index in [0.717, 1.165) is 77.7 Å². The van der Waals surface area contributed by atoms with Gasteiger partial charge in [-0.3, -0.25) is 9.55 Å². The fourth-order valence-corrected chi connectivity index (χ4v) is 8.50. The molecule has 0 aliphatic carbocycles. The molecule has 0 unspecified atom stereocenters. The van der Waals surface area contributed by atoms with Crippen molar-refractivity contribution in [3.05, 3.63) is 181 Å². The van der Waals surface area contributed by atoms with Gasteiger partial charge in [0.2, 0.25) is 0 Å². The Morgan fingerprint density at radius 1 is 0.492 bits per heavy atom. The second-order valence-corrected chi connectivity index (χ2v) is 18.1. The van der Waals surface area contributed by atoms with Gasteiger partial charge in [0.05, 0.1) is 28.0 Å². The van der Waals surface area contributed by atoms with Crippen LogP contribution in [0.3, 0.4) is 0 Å². The van der Waals surface area contributed by atoms with Crippen LogP contribution in [0.4, 0.5) is 0 Å². The molecule has 7 aromatic carbocycles. The van der Waals surface area contributed by atoms with Crippen LogP contribution in [0.1, 0.15) is 52.7 Å². The lowest BCUT2D eigenvalue weighted by Gasteiger charge is -2.23. The van der Waals surface area contributed by atoms with Gasteiger partial charge in [-0.05, 0) is 105 Å². The zero-order valence-electron chi connectivity index (χ0n) is 35.4. The number of imidazole rings is 1. The fraction of sp³-hybridized carbons (Fsp3) is 0.143. The van der Waals surface area contributed by atoms with E-state index in [9.17, 15) is 5.11 Å². The average Bonchev–Trinajstić information content (AvgIpc) is 3.84. The number of aromatic hydroxyl groups is 1. The second-order valence-electron chi connectivity index (χ2n) is 18.1. The second kappa shape index (κ2) is 14.5. The zero-order chi connectivity index (χ0) is 42.0. The Hall–Kier alpha value is -7.24. The van der Waals surface area contributed by atoms with E-state index in [0.29, 0.717) is 17.0 Å². The number of pyridine rings is 1. The first kappa shape index (κ1) is 38.0. The van der Waals surface area contributed by atoms with Crippen molar-refractivity contribution in [1.82, 2.24) is 14.5 Å². The van der Waals surface area contributed by atoms with Gasteiger partial charge in [-0.15, -0.1) is 0 Å². The molecule has 0 saturated carbocycles. The van der Waals surface area contributed by atoms with E-state index in [4.69, 9.17) is 14.4 Å². The third-order valence-electron chi connectivity index (χ3n) is 11.9. The topological polar surface area (TPSA) is 64.1 Å². The van der Waals surface area contributed by atoms with E-state index < -0.39 is 0 Å². The number of furan rings is 1. The largest absolute Gasteiger partial charge is 0.507 e. The van der Waals surface area contributed by atoms with Gasteiger partial charge in [-0.25, -0.2) is 4.98 Å². The van der Waals surface area contributed by atoms with E-state index in [1.807, 2.05) is 48.7 Å². The average molecular weight is 794 g/mol. The molecule has 0 spiro atoms. The number of fused-ring (bicyclic) bond motifs is 4. The molecular formula is C56H47N3O2. The third kappa shape index (κ3) is 6.86. The molecule has 0 bridgehead atoms. The minimum atomic E-state index is -0.145. The Balaban J connectivity index is 1.25. The van der Waals surface area contributed by atoms with Crippen molar-refractivity contribution in [3.8, 4) is 67.5 Å². The molecule has 0 atom stereocenters. The highest BCUT2D eigenvalue weighted by Gasteiger charge is 2.26. The first-order valence-corrected chi connectivity index (χ1v) is 20.9. The number of aromatic nitrogens is 3. The molecule has 0 aliphatic heterocycles. The Labute approximate surface area is 356 Å². The number of phenols is 1. The number of hydrogen-bond acceptors (Lipinski definition) is 4. The molecule has 298 valence electrons. The van der Waals surface area contributed by atoms with Gasteiger partial charge in [0.1, 0.15) is 22.7 Å². The highest BCUT2D eigenvalue weighted by Crippen LogP contribution is 2.44. The van der Waals surface area contributed by atoms with Crippen LogP contribution in [0.15, 0.2) is 174 Å². The predicted octanol–water partition coefficient (Wildman–Crippen LogP) is 15.0. The van der Waals surface area contributed by atoms with Crippen LogP contribution in [-0.4, -0.2) is 19.6 Å². The molecule has 0 amide bonds. The first-order chi connectivity index (χ1) is 29.4. The van der Waals surface area contributed by atoms with Crippen LogP contribution in [0.5, 0.6) is 5.75 Å². The lowest BCUT2D eigenvalue weighted by Crippen LogP contribution is -2.12. The quantitative estimate of drug-likeness (QED) is 0.182. The normalized spacial score (nSPS) is 12.2. The number of hydrogen-bond donors (Lipinski definition) is 1. The van der Waals surface area contributed by atoms with E-state index in [1.165, 1.54) is 11.1 Å². The molecule has 5 nitrogen and oxygen atoms in total. The SMILES string of the molecule is CC(C)(C)c1cc(-c2cc(-c3ccccc3)ccn2)cc(-c2cccc3c2nc(-c2cc4oc5ccccc5c4cc2O)n3-c2ccc(C(C)(C)C)cc2-c2ccccc2)c1. The molecule has 0 aliphatic rings. The fourth-order valence-electron chi connectivity index (χ4n) is 8.50. The summed E-state index contributed by atoms with van der Waals surface area (Å²) in [6, 6.07) is 56.9. The molecule has 0 radical (unpaired) electrons. The lowest BCUT2D eigenvalue weighted by molar-refractivity contribution is 0.477. The van der Waals surface area contributed by atoms with Crippen molar-refractivity contribution in [2.75, 3.05) is 0 Å². The van der Waals surface area contributed by atoms with Gasteiger partial charge in [-0.1, -0.05) is 145 Å².